The van der Waals surface area contributed by atoms with Crippen LogP contribution in [0.3, 0.4) is 0 Å². The summed E-state index contributed by atoms with van der Waals surface area (Å²) in [5, 5.41) is 7.85. The third kappa shape index (κ3) is 2.41. The molecule has 0 aromatic carbocycles. The van der Waals surface area contributed by atoms with Gasteiger partial charge < -0.3 is 5.32 Å². The van der Waals surface area contributed by atoms with Crippen LogP contribution in [-0.2, 0) is 4.79 Å². The summed E-state index contributed by atoms with van der Waals surface area (Å²) in [5.74, 6) is 0.945. The topological polar surface area (TPSA) is 59.8 Å². The Balaban J connectivity index is 1.81. The van der Waals surface area contributed by atoms with Gasteiger partial charge in [-0.2, -0.15) is 5.10 Å². The molecule has 1 fully saturated rings. The number of anilines is 1. The van der Waals surface area contributed by atoms with E-state index in [0.717, 1.165) is 24.2 Å². The first kappa shape index (κ1) is 13.1. The Kier molecular flexibility index (Phi) is 3.22. The number of halogens is 1. The first-order chi connectivity index (χ1) is 9.56. The lowest BCUT2D eigenvalue weighted by molar-refractivity contribution is -0.117. The molecule has 1 amide bonds. The molecule has 1 aliphatic carbocycles. The standard InChI is InChI=1S/C14H15ClN4O/c1-8-13(15)9(2)19(18-8)12-6-5-11(7-16-12)17-14(20)10-3-4-10/h5-7,10H,3-4H2,1-2H3,(H,17,20). The fourth-order valence-corrected chi connectivity index (χ4v) is 2.14. The summed E-state index contributed by atoms with van der Waals surface area (Å²) in [6.45, 7) is 3.75. The molecule has 0 unspecified atom stereocenters. The number of pyridine rings is 1. The maximum atomic E-state index is 11.7. The van der Waals surface area contributed by atoms with Crippen molar-refractivity contribution in [2.45, 2.75) is 26.7 Å². The molecule has 20 heavy (non-hydrogen) atoms. The predicted octanol–water partition coefficient (Wildman–Crippen LogP) is 2.89. The Morgan fingerprint density at radius 2 is 2.15 bits per heavy atom. The van der Waals surface area contributed by atoms with Gasteiger partial charge in [0, 0.05) is 5.92 Å². The molecule has 6 heteroatoms. The molecule has 0 atom stereocenters. The number of carbonyl (C=O) groups is 1. The summed E-state index contributed by atoms with van der Waals surface area (Å²) < 4.78 is 1.70. The van der Waals surface area contributed by atoms with Gasteiger partial charge in [0.25, 0.3) is 0 Å². The van der Waals surface area contributed by atoms with E-state index in [1.54, 1.807) is 10.9 Å². The highest BCUT2D eigenvalue weighted by Crippen LogP contribution is 2.30. The molecule has 1 aliphatic rings. The summed E-state index contributed by atoms with van der Waals surface area (Å²) in [6, 6.07) is 3.64. The van der Waals surface area contributed by atoms with Crippen molar-refractivity contribution in [3.8, 4) is 5.82 Å². The number of nitrogens with zero attached hydrogens (tertiary/aromatic N) is 3. The van der Waals surface area contributed by atoms with Crippen LogP contribution in [0.15, 0.2) is 18.3 Å². The average Bonchev–Trinajstić information content (AvgIpc) is 3.25. The summed E-state index contributed by atoms with van der Waals surface area (Å²) in [4.78, 5) is 16.0. The molecule has 2 aromatic heterocycles. The van der Waals surface area contributed by atoms with Gasteiger partial charge in [-0.3, -0.25) is 4.79 Å². The number of aromatic nitrogens is 3. The van der Waals surface area contributed by atoms with Crippen LogP contribution in [-0.4, -0.2) is 20.7 Å². The van der Waals surface area contributed by atoms with Crippen molar-refractivity contribution in [1.82, 2.24) is 14.8 Å². The van der Waals surface area contributed by atoms with Crippen molar-refractivity contribution in [2.24, 2.45) is 5.92 Å². The van der Waals surface area contributed by atoms with E-state index < -0.39 is 0 Å². The summed E-state index contributed by atoms with van der Waals surface area (Å²) in [6.07, 6.45) is 3.61. The van der Waals surface area contributed by atoms with Crippen LogP contribution in [0.4, 0.5) is 5.69 Å². The first-order valence-electron chi connectivity index (χ1n) is 6.55. The van der Waals surface area contributed by atoms with Crippen LogP contribution in [0.1, 0.15) is 24.2 Å². The van der Waals surface area contributed by atoms with Crippen molar-refractivity contribution >= 4 is 23.2 Å². The Labute approximate surface area is 122 Å². The Morgan fingerprint density at radius 3 is 2.65 bits per heavy atom. The fraction of sp³-hybridized carbons (Fsp3) is 0.357. The van der Waals surface area contributed by atoms with E-state index >= 15 is 0 Å². The van der Waals surface area contributed by atoms with Gasteiger partial charge in [0.1, 0.15) is 0 Å². The minimum atomic E-state index is 0.0775. The molecular formula is C14H15ClN4O. The van der Waals surface area contributed by atoms with Gasteiger partial charge in [-0.05, 0) is 38.8 Å². The number of carbonyl (C=O) groups excluding carboxylic acids is 1. The molecular weight excluding hydrogens is 276 g/mol. The van der Waals surface area contributed by atoms with E-state index in [-0.39, 0.29) is 11.8 Å². The first-order valence-corrected chi connectivity index (χ1v) is 6.93. The Hall–Kier alpha value is -1.88. The van der Waals surface area contributed by atoms with E-state index in [0.29, 0.717) is 16.5 Å². The normalized spacial score (nSPS) is 14.3. The largest absolute Gasteiger partial charge is 0.324 e. The summed E-state index contributed by atoms with van der Waals surface area (Å²) in [7, 11) is 0. The number of rotatable bonds is 3. The smallest absolute Gasteiger partial charge is 0.227 e. The van der Waals surface area contributed by atoms with Crippen molar-refractivity contribution in [3.05, 3.63) is 34.7 Å². The van der Waals surface area contributed by atoms with Crippen LogP contribution in [0.5, 0.6) is 0 Å². The van der Waals surface area contributed by atoms with Crippen molar-refractivity contribution < 1.29 is 4.79 Å². The van der Waals surface area contributed by atoms with E-state index in [4.69, 9.17) is 11.6 Å². The molecule has 0 radical (unpaired) electrons. The fourth-order valence-electron chi connectivity index (χ4n) is 2.02. The maximum absolute atomic E-state index is 11.7. The molecule has 5 nitrogen and oxygen atoms in total. The van der Waals surface area contributed by atoms with Crippen LogP contribution in [0.25, 0.3) is 5.82 Å². The highest BCUT2D eigenvalue weighted by Gasteiger charge is 2.29. The van der Waals surface area contributed by atoms with Gasteiger partial charge in [-0.15, -0.1) is 0 Å². The number of hydrogen-bond acceptors (Lipinski definition) is 3. The quantitative estimate of drug-likeness (QED) is 0.945. The van der Waals surface area contributed by atoms with Crippen LogP contribution in [0, 0.1) is 19.8 Å². The Bertz CT molecular complexity index is 659. The molecule has 0 spiro atoms. The van der Waals surface area contributed by atoms with Gasteiger partial charge >= 0.3 is 0 Å². The van der Waals surface area contributed by atoms with Crippen molar-refractivity contribution in [2.75, 3.05) is 5.32 Å². The van der Waals surface area contributed by atoms with Crippen LogP contribution in [0.2, 0.25) is 5.02 Å². The number of nitrogens with one attached hydrogen (secondary N) is 1. The van der Waals surface area contributed by atoms with E-state index in [2.05, 4.69) is 15.4 Å². The van der Waals surface area contributed by atoms with Gasteiger partial charge in [0.15, 0.2) is 5.82 Å². The number of aryl methyl sites for hydroxylation is 1. The minimum absolute atomic E-state index is 0.0775. The molecule has 2 aromatic rings. The third-order valence-corrected chi connectivity index (χ3v) is 3.93. The highest BCUT2D eigenvalue weighted by atomic mass is 35.5. The van der Waals surface area contributed by atoms with Crippen molar-refractivity contribution in [3.63, 3.8) is 0 Å². The Morgan fingerprint density at radius 1 is 1.40 bits per heavy atom. The second kappa shape index (κ2) is 4.90. The third-order valence-electron chi connectivity index (χ3n) is 3.38. The van der Waals surface area contributed by atoms with Gasteiger partial charge in [-0.25, -0.2) is 9.67 Å². The predicted molar refractivity (Wildman–Crippen MR) is 77.2 cm³/mol. The maximum Gasteiger partial charge on any atom is 0.227 e. The molecule has 104 valence electrons. The van der Waals surface area contributed by atoms with Gasteiger partial charge in [-0.1, -0.05) is 11.6 Å². The SMILES string of the molecule is Cc1nn(-c2ccc(NC(=O)C3CC3)cn2)c(C)c1Cl. The van der Waals surface area contributed by atoms with Crippen LogP contribution < -0.4 is 5.32 Å². The van der Waals surface area contributed by atoms with Crippen LogP contribution >= 0.6 is 11.6 Å². The molecule has 3 rings (SSSR count). The molecule has 1 N–H and O–H groups in total. The van der Waals surface area contributed by atoms with E-state index in [9.17, 15) is 4.79 Å². The molecule has 1 saturated carbocycles. The molecule has 0 aliphatic heterocycles. The van der Waals surface area contributed by atoms with E-state index in [1.807, 2.05) is 26.0 Å². The van der Waals surface area contributed by atoms with Gasteiger partial charge in [0.05, 0.1) is 28.3 Å². The second-order valence-electron chi connectivity index (χ2n) is 5.07. The zero-order chi connectivity index (χ0) is 14.3. The number of hydrogen-bond donors (Lipinski definition) is 1. The summed E-state index contributed by atoms with van der Waals surface area (Å²) >= 11 is 6.12. The van der Waals surface area contributed by atoms with E-state index in [1.165, 1.54) is 0 Å². The monoisotopic (exact) mass is 290 g/mol. The molecule has 0 saturated heterocycles. The van der Waals surface area contributed by atoms with Gasteiger partial charge in [0.2, 0.25) is 5.91 Å². The van der Waals surface area contributed by atoms with Crippen molar-refractivity contribution in [1.29, 1.82) is 0 Å². The minimum Gasteiger partial charge on any atom is -0.324 e. The number of amides is 1. The summed E-state index contributed by atoms with van der Waals surface area (Å²) in [5.41, 5.74) is 2.33. The zero-order valence-electron chi connectivity index (χ0n) is 11.4. The molecule has 2 heterocycles. The average molecular weight is 291 g/mol. The zero-order valence-corrected chi connectivity index (χ0v) is 12.1. The lowest BCUT2D eigenvalue weighted by atomic mass is 10.3. The lowest BCUT2D eigenvalue weighted by Gasteiger charge is -2.06. The lowest BCUT2D eigenvalue weighted by Crippen LogP contribution is -2.13. The highest BCUT2D eigenvalue weighted by molar-refractivity contribution is 6.31. The second-order valence-corrected chi connectivity index (χ2v) is 5.44. The molecule has 0 bridgehead atoms.